The fraction of sp³-hybridized carbons (Fsp3) is 0.417. The Hall–Kier alpha value is -2.14. The highest BCUT2D eigenvalue weighted by molar-refractivity contribution is 6.13. The third-order valence-electron chi connectivity index (χ3n) is 6.11. The van der Waals surface area contributed by atoms with Gasteiger partial charge in [0.2, 0.25) is 0 Å². The molecule has 0 radical (unpaired) electrons. The van der Waals surface area contributed by atoms with Crippen molar-refractivity contribution in [3.8, 4) is 5.75 Å². The van der Waals surface area contributed by atoms with Gasteiger partial charge in [0, 0.05) is 17.0 Å². The third kappa shape index (κ3) is 3.16. The van der Waals surface area contributed by atoms with E-state index in [0.29, 0.717) is 17.4 Å². The van der Waals surface area contributed by atoms with Gasteiger partial charge >= 0.3 is 0 Å². The summed E-state index contributed by atoms with van der Waals surface area (Å²) < 4.78 is 0. The van der Waals surface area contributed by atoms with Crippen molar-refractivity contribution in [2.45, 2.75) is 57.8 Å². The predicted molar refractivity (Wildman–Crippen MR) is 114 cm³/mol. The van der Waals surface area contributed by atoms with Crippen molar-refractivity contribution in [1.29, 1.82) is 0 Å². The molecule has 0 aromatic heterocycles. The Morgan fingerprint density at radius 2 is 1.79 bits per heavy atom. The molecule has 1 aliphatic carbocycles. The molecule has 2 atom stereocenters. The first kappa shape index (κ1) is 19.2. The molecular formula is C24H29NO3. The minimum absolute atomic E-state index is 0.0960. The maximum Gasteiger partial charge on any atom is 0.129 e. The topological polar surface area (TPSA) is 72.7 Å². The van der Waals surface area contributed by atoms with Crippen LogP contribution in [0.3, 0.4) is 0 Å². The zero-order chi connectivity index (χ0) is 19.7. The van der Waals surface area contributed by atoms with Crippen LogP contribution in [0.25, 0.3) is 21.5 Å². The molecule has 0 amide bonds. The molecule has 4 heteroatoms. The van der Waals surface area contributed by atoms with E-state index in [0.717, 1.165) is 46.7 Å². The summed E-state index contributed by atoms with van der Waals surface area (Å²) in [5.74, 6) is 0.0960. The van der Waals surface area contributed by atoms with Crippen molar-refractivity contribution in [3.63, 3.8) is 0 Å². The van der Waals surface area contributed by atoms with Crippen molar-refractivity contribution < 1.29 is 15.3 Å². The molecule has 2 unspecified atom stereocenters. The summed E-state index contributed by atoms with van der Waals surface area (Å²) in [6.07, 6.45) is 4.48. The van der Waals surface area contributed by atoms with Gasteiger partial charge in [-0.25, -0.2) is 0 Å². The molecule has 4 N–H and O–H groups in total. The molecule has 0 bridgehead atoms. The molecule has 0 saturated heterocycles. The number of hydrogen-bond acceptors (Lipinski definition) is 4. The van der Waals surface area contributed by atoms with Crippen LogP contribution in [-0.4, -0.2) is 21.9 Å². The van der Waals surface area contributed by atoms with Gasteiger partial charge in [-0.15, -0.1) is 0 Å². The van der Waals surface area contributed by atoms with Gasteiger partial charge in [-0.05, 0) is 53.1 Å². The standard InChI is InChI=1S/C24H29NO3/c1-2-3-6-13-25-20-11-12-21(27)22-18(20)10-9-17-15-7-4-5-8-16(15)19(14-26)24(28)23(17)22/h4-5,7-10,20-21,25-28H,2-3,6,11-14H2,1H3. The van der Waals surface area contributed by atoms with Crippen molar-refractivity contribution >= 4 is 21.5 Å². The van der Waals surface area contributed by atoms with Crippen molar-refractivity contribution in [2.75, 3.05) is 6.54 Å². The van der Waals surface area contributed by atoms with E-state index in [1.165, 1.54) is 12.8 Å². The van der Waals surface area contributed by atoms with Crippen molar-refractivity contribution in [1.82, 2.24) is 5.32 Å². The quantitative estimate of drug-likeness (QED) is 0.365. The van der Waals surface area contributed by atoms with E-state index < -0.39 is 6.10 Å². The molecule has 0 fully saturated rings. The summed E-state index contributed by atoms with van der Waals surface area (Å²) in [5, 5.41) is 38.9. The largest absolute Gasteiger partial charge is 0.507 e. The summed E-state index contributed by atoms with van der Waals surface area (Å²) >= 11 is 0. The van der Waals surface area contributed by atoms with Gasteiger partial charge in [0.25, 0.3) is 0 Å². The van der Waals surface area contributed by atoms with Crippen LogP contribution in [0.2, 0.25) is 0 Å². The third-order valence-corrected chi connectivity index (χ3v) is 6.11. The van der Waals surface area contributed by atoms with E-state index >= 15 is 0 Å². The first-order valence-electron chi connectivity index (χ1n) is 10.4. The predicted octanol–water partition coefficient (Wildman–Crippen LogP) is 4.84. The molecule has 148 valence electrons. The van der Waals surface area contributed by atoms with E-state index in [1.54, 1.807) is 0 Å². The number of aliphatic hydroxyl groups excluding tert-OH is 2. The number of benzene rings is 3. The molecule has 0 aliphatic heterocycles. The Labute approximate surface area is 165 Å². The Balaban J connectivity index is 1.90. The second kappa shape index (κ2) is 8.08. The van der Waals surface area contributed by atoms with E-state index in [2.05, 4.69) is 24.4 Å². The monoisotopic (exact) mass is 379 g/mol. The zero-order valence-electron chi connectivity index (χ0n) is 16.4. The summed E-state index contributed by atoms with van der Waals surface area (Å²) in [5.41, 5.74) is 2.41. The Kier molecular flexibility index (Phi) is 5.54. The summed E-state index contributed by atoms with van der Waals surface area (Å²) in [6.45, 7) is 2.92. The van der Waals surface area contributed by atoms with Gasteiger partial charge in [-0.3, -0.25) is 0 Å². The van der Waals surface area contributed by atoms with Crippen LogP contribution < -0.4 is 5.32 Å². The number of unbranched alkanes of at least 4 members (excludes halogenated alkanes) is 2. The molecule has 4 nitrogen and oxygen atoms in total. The molecular weight excluding hydrogens is 350 g/mol. The SMILES string of the molecule is CCCCCNC1CCC(O)c2c1ccc1c2c(O)c(CO)c2ccccc21. The normalized spacial score (nSPS) is 19.2. The molecule has 0 heterocycles. The van der Waals surface area contributed by atoms with Crippen LogP contribution in [0.4, 0.5) is 0 Å². The Morgan fingerprint density at radius 3 is 2.54 bits per heavy atom. The lowest BCUT2D eigenvalue weighted by atomic mass is 9.81. The lowest BCUT2D eigenvalue weighted by Crippen LogP contribution is -2.27. The average Bonchev–Trinajstić information content (AvgIpc) is 2.72. The van der Waals surface area contributed by atoms with Crippen molar-refractivity contribution in [2.24, 2.45) is 0 Å². The number of nitrogens with one attached hydrogen (secondary N) is 1. The van der Waals surface area contributed by atoms with Crippen molar-refractivity contribution in [3.05, 3.63) is 53.1 Å². The minimum Gasteiger partial charge on any atom is -0.507 e. The van der Waals surface area contributed by atoms with Crippen LogP contribution in [0, 0.1) is 0 Å². The first-order chi connectivity index (χ1) is 13.7. The molecule has 1 aliphatic rings. The molecule has 3 aromatic carbocycles. The maximum absolute atomic E-state index is 11.1. The molecule has 0 saturated carbocycles. The second-order valence-corrected chi connectivity index (χ2v) is 7.83. The van der Waals surface area contributed by atoms with Crippen LogP contribution >= 0.6 is 0 Å². The molecule has 3 aromatic rings. The van der Waals surface area contributed by atoms with Gasteiger partial charge < -0.3 is 20.6 Å². The van der Waals surface area contributed by atoms with E-state index in [4.69, 9.17) is 0 Å². The van der Waals surface area contributed by atoms with Crippen LogP contribution in [0.15, 0.2) is 36.4 Å². The second-order valence-electron chi connectivity index (χ2n) is 7.83. The van der Waals surface area contributed by atoms with Gasteiger partial charge in [0.05, 0.1) is 12.7 Å². The van der Waals surface area contributed by atoms with E-state index in [9.17, 15) is 15.3 Å². The highest BCUT2D eigenvalue weighted by Crippen LogP contribution is 2.46. The lowest BCUT2D eigenvalue weighted by Gasteiger charge is -2.31. The summed E-state index contributed by atoms with van der Waals surface area (Å²) in [4.78, 5) is 0. The highest BCUT2D eigenvalue weighted by atomic mass is 16.3. The van der Waals surface area contributed by atoms with E-state index in [1.807, 2.05) is 24.3 Å². The van der Waals surface area contributed by atoms with E-state index in [-0.39, 0.29) is 18.4 Å². The zero-order valence-corrected chi connectivity index (χ0v) is 16.4. The van der Waals surface area contributed by atoms with Crippen LogP contribution in [-0.2, 0) is 6.61 Å². The first-order valence-corrected chi connectivity index (χ1v) is 10.4. The Morgan fingerprint density at radius 1 is 1.00 bits per heavy atom. The summed E-state index contributed by atoms with van der Waals surface area (Å²) in [7, 11) is 0. The van der Waals surface area contributed by atoms with Crippen LogP contribution in [0.5, 0.6) is 5.75 Å². The Bertz CT molecular complexity index is 998. The smallest absolute Gasteiger partial charge is 0.129 e. The number of rotatable bonds is 6. The van der Waals surface area contributed by atoms with Gasteiger partial charge in [0.1, 0.15) is 5.75 Å². The summed E-state index contributed by atoms with van der Waals surface area (Å²) in [6, 6.07) is 12.2. The molecule has 28 heavy (non-hydrogen) atoms. The lowest BCUT2D eigenvalue weighted by molar-refractivity contribution is 0.148. The maximum atomic E-state index is 11.1. The number of aromatic hydroxyl groups is 1. The fourth-order valence-electron chi connectivity index (χ4n) is 4.69. The number of phenols is 1. The number of hydrogen-bond donors (Lipinski definition) is 4. The van der Waals surface area contributed by atoms with Gasteiger partial charge in [0.15, 0.2) is 0 Å². The molecule has 0 spiro atoms. The van der Waals surface area contributed by atoms with Gasteiger partial charge in [-0.1, -0.05) is 56.2 Å². The van der Waals surface area contributed by atoms with Crippen LogP contribution in [0.1, 0.15) is 67.9 Å². The molecule has 4 rings (SSSR count). The number of aliphatic hydroxyl groups is 2. The fourth-order valence-corrected chi connectivity index (χ4v) is 4.69. The highest BCUT2D eigenvalue weighted by Gasteiger charge is 2.29. The average molecular weight is 380 g/mol. The number of fused-ring (bicyclic) bond motifs is 5. The minimum atomic E-state index is -0.606. The van der Waals surface area contributed by atoms with Gasteiger partial charge in [-0.2, -0.15) is 0 Å².